The predicted octanol–water partition coefficient (Wildman–Crippen LogP) is -0.215. The predicted molar refractivity (Wildman–Crippen MR) is 97.1 cm³/mol. The van der Waals surface area contributed by atoms with Crippen molar-refractivity contribution < 1.29 is 37.7 Å². The Labute approximate surface area is 173 Å². The fourth-order valence-corrected chi connectivity index (χ4v) is 3.99. The van der Waals surface area contributed by atoms with Gasteiger partial charge in [-0.1, -0.05) is 0 Å². The third kappa shape index (κ3) is 2.45. The molecule has 1 aliphatic heterocycles. The highest BCUT2D eigenvalue weighted by molar-refractivity contribution is 5.81. The maximum atomic E-state index is 16.0. The summed E-state index contributed by atoms with van der Waals surface area (Å²) in [6, 6.07) is 0. The molecule has 2 fully saturated rings. The molecule has 31 heavy (non-hydrogen) atoms. The summed E-state index contributed by atoms with van der Waals surface area (Å²) in [6.45, 7) is 3.02. The van der Waals surface area contributed by atoms with E-state index in [-0.39, 0.29) is 17.0 Å². The van der Waals surface area contributed by atoms with Crippen LogP contribution in [0.15, 0.2) is 12.7 Å². The number of esters is 3. The first kappa shape index (κ1) is 20.5. The van der Waals surface area contributed by atoms with Crippen LogP contribution in [0.2, 0.25) is 0 Å². The van der Waals surface area contributed by atoms with Gasteiger partial charge in [-0.15, -0.1) is 6.42 Å². The molecule has 1 saturated carbocycles. The average molecular weight is 433 g/mol. The molecule has 13 heteroatoms. The summed E-state index contributed by atoms with van der Waals surface area (Å²) in [5, 5.41) is 0. The smallest absolute Gasteiger partial charge is 0.304 e. The number of alkyl halides is 1. The van der Waals surface area contributed by atoms with E-state index < -0.39 is 47.3 Å². The van der Waals surface area contributed by atoms with Crippen LogP contribution in [0.3, 0.4) is 0 Å². The number of nitrogens with zero attached hydrogens (tertiary/aromatic N) is 4. The summed E-state index contributed by atoms with van der Waals surface area (Å²) < 4.78 is 38.3. The molecule has 2 aromatic rings. The van der Waals surface area contributed by atoms with Crippen LogP contribution in [-0.2, 0) is 33.3 Å². The Kier molecular flexibility index (Phi) is 4.20. The molecule has 1 unspecified atom stereocenters. The molecule has 2 aromatic heterocycles. The summed E-state index contributed by atoms with van der Waals surface area (Å²) in [5.41, 5.74) is 1.14. The number of hydrogen-bond acceptors (Lipinski definition) is 11. The summed E-state index contributed by atoms with van der Waals surface area (Å²) in [5.74, 6) is -3.52. The zero-order valence-electron chi connectivity index (χ0n) is 16.5. The second-order valence-electron chi connectivity index (χ2n) is 6.99. The van der Waals surface area contributed by atoms with Crippen LogP contribution in [0, 0.1) is 12.3 Å². The molecule has 162 valence electrons. The highest BCUT2D eigenvalue weighted by atomic mass is 19.2. The van der Waals surface area contributed by atoms with Gasteiger partial charge in [-0.2, -0.15) is 0 Å². The van der Waals surface area contributed by atoms with Crippen LogP contribution < -0.4 is 5.73 Å². The molecule has 12 nitrogen and oxygen atoms in total. The fraction of sp³-hybridized carbons (Fsp3) is 0.444. The Morgan fingerprint density at radius 3 is 2.45 bits per heavy atom. The zero-order chi connectivity index (χ0) is 22.8. The maximum absolute atomic E-state index is 16.0. The molecule has 0 radical (unpaired) electrons. The van der Waals surface area contributed by atoms with Gasteiger partial charge in [0.25, 0.3) is 11.2 Å². The minimum Gasteiger partial charge on any atom is -0.451 e. The molecule has 2 aliphatic rings. The standard InChI is InChI=1S/C18H16FN5O7/c1-5-16(29-9(3)26)15(24-7-23-11-12(20)21-6-22-13(11)24)31-18(19)14(28-8(2)25)17(16,18)30-10(4)27/h1,6-7,14-15H,2-4H3,(H2,20,21,22)/t14?,15-,16+,17+,18-/m1/s1. The van der Waals surface area contributed by atoms with Crippen LogP contribution in [-0.4, -0.2) is 60.6 Å². The number of anilines is 1. The number of terminal acetylenes is 1. The van der Waals surface area contributed by atoms with Crippen LogP contribution in [0.1, 0.15) is 27.0 Å². The molecule has 5 atom stereocenters. The Hall–Kier alpha value is -3.79. The molecule has 0 spiro atoms. The number of ether oxygens (including phenoxy) is 4. The highest BCUT2D eigenvalue weighted by Crippen LogP contribution is 2.72. The number of nitrogens with two attached hydrogens (primary N) is 1. The van der Waals surface area contributed by atoms with E-state index in [2.05, 4.69) is 20.9 Å². The van der Waals surface area contributed by atoms with E-state index in [1.165, 1.54) is 10.9 Å². The monoisotopic (exact) mass is 433 g/mol. The number of rotatable bonds is 4. The van der Waals surface area contributed by atoms with Crippen LogP contribution in [0.4, 0.5) is 10.2 Å². The van der Waals surface area contributed by atoms with Crippen molar-refractivity contribution in [3.63, 3.8) is 0 Å². The highest BCUT2D eigenvalue weighted by Gasteiger charge is 3.01. The van der Waals surface area contributed by atoms with Gasteiger partial charge in [0.2, 0.25) is 6.10 Å². The lowest BCUT2D eigenvalue weighted by molar-refractivity contribution is -0.205. The number of aromatic nitrogens is 4. The number of carbonyl (C=O) groups is 3. The topological polar surface area (TPSA) is 158 Å². The Morgan fingerprint density at radius 2 is 1.87 bits per heavy atom. The first-order chi connectivity index (χ1) is 14.5. The van der Waals surface area contributed by atoms with Crippen molar-refractivity contribution in [2.75, 3.05) is 5.73 Å². The number of hydrogen-bond donors (Lipinski definition) is 1. The Bertz CT molecular complexity index is 1180. The second kappa shape index (κ2) is 6.35. The molecular formula is C18H16FN5O7. The van der Waals surface area contributed by atoms with Gasteiger partial charge in [0.05, 0.1) is 6.33 Å². The lowest BCUT2D eigenvalue weighted by Crippen LogP contribution is -2.55. The summed E-state index contributed by atoms with van der Waals surface area (Å²) >= 11 is 0. The number of carbonyl (C=O) groups excluding carboxylic acids is 3. The van der Waals surface area contributed by atoms with Crippen molar-refractivity contribution in [1.82, 2.24) is 19.5 Å². The molecule has 0 aromatic carbocycles. The minimum atomic E-state index is -2.92. The maximum Gasteiger partial charge on any atom is 0.304 e. The molecular weight excluding hydrogens is 417 g/mol. The number of nitrogen functional groups attached to an aromatic ring is 1. The van der Waals surface area contributed by atoms with Crippen molar-refractivity contribution in [2.24, 2.45) is 0 Å². The molecule has 1 saturated heterocycles. The van der Waals surface area contributed by atoms with Crippen LogP contribution >= 0.6 is 0 Å². The van der Waals surface area contributed by atoms with Crippen molar-refractivity contribution in [2.45, 2.75) is 50.2 Å². The first-order valence-electron chi connectivity index (χ1n) is 8.88. The molecule has 2 N–H and O–H groups in total. The first-order valence-corrected chi connectivity index (χ1v) is 8.88. The molecule has 4 rings (SSSR count). The van der Waals surface area contributed by atoms with E-state index in [0.717, 1.165) is 27.1 Å². The normalized spacial score (nSPS) is 33.3. The third-order valence-corrected chi connectivity index (χ3v) is 5.06. The van der Waals surface area contributed by atoms with E-state index in [9.17, 15) is 14.4 Å². The molecule has 0 amide bonds. The molecule has 1 aliphatic carbocycles. The number of imidazole rings is 1. The van der Waals surface area contributed by atoms with E-state index in [4.69, 9.17) is 31.1 Å². The Morgan fingerprint density at radius 1 is 1.19 bits per heavy atom. The lowest BCUT2D eigenvalue weighted by Gasteiger charge is -2.36. The van der Waals surface area contributed by atoms with Gasteiger partial charge in [0, 0.05) is 20.8 Å². The minimum absolute atomic E-state index is 0.0214. The molecule has 0 bridgehead atoms. The van der Waals surface area contributed by atoms with Crippen molar-refractivity contribution >= 4 is 34.9 Å². The van der Waals surface area contributed by atoms with Crippen LogP contribution in [0.25, 0.3) is 11.2 Å². The molecule has 3 heterocycles. The Balaban J connectivity index is 1.95. The second-order valence-corrected chi connectivity index (χ2v) is 6.99. The van der Waals surface area contributed by atoms with Crippen molar-refractivity contribution in [3.05, 3.63) is 12.7 Å². The largest absolute Gasteiger partial charge is 0.451 e. The van der Waals surface area contributed by atoms with Gasteiger partial charge in [-0.05, 0) is 5.92 Å². The lowest BCUT2D eigenvalue weighted by atomic mass is 9.92. The van der Waals surface area contributed by atoms with Gasteiger partial charge in [0.15, 0.2) is 17.7 Å². The van der Waals surface area contributed by atoms with E-state index in [1.54, 1.807) is 0 Å². The SMILES string of the molecule is C#C[C@]1(OC(C)=O)[C@H](n2cnc3c(N)ncnc32)O[C@]2(F)C(OC(C)=O)[C@]12OC(C)=O. The van der Waals surface area contributed by atoms with Crippen molar-refractivity contribution in [1.29, 1.82) is 0 Å². The van der Waals surface area contributed by atoms with Gasteiger partial charge in [-0.25, -0.2) is 19.3 Å². The quantitative estimate of drug-likeness (QED) is 0.386. The van der Waals surface area contributed by atoms with Gasteiger partial charge in [-0.3, -0.25) is 19.0 Å². The number of fused-ring (bicyclic) bond motifs is 2. The summed E-state index contributed by atoms with van der Waals surface area (Å²) in [6.07, 6.45) is 4.62. The number of halogens is 1. The van der Waals surface area contributed by atoms with Crippen LogP contribution in [0.5, 0.6) is 0 Å². The zero-order valence-corrected chi connectivity index (χ0v) is 16.5. The van der Waals surface area contributed by atoms with Gasteiger partial charge in [0.1, 0.15) is 11.8 Å². The summed E-state index contributed by atoms with van der Waals surface area (Å²) in [7, 11) is 0. The van der Waals surface area contributed by atoms with E-state index in [0.29, 0.717) is 0 Å². The van der Waals surface area contributed by atoms with Crippen molar-refractivity contribution in [3.8, 4) is 12.3 Å². The average Bonchev–Trinajstić information content (AvgIpc) is 2.98. The van der Waals surface area contributed by atoms with Gasteiger partial charge < -0.3 is 24.7 Å². The van der Waals surface area contributed by atoms with E-state index >= 15 is 4.39 Å². The summed E-state index contributed by atoms with van der Waals surface area (Å²) in [4.78, 5) is 47.4. The van der Waals surface area contributed by atoms with E-state index in [1.807, 2.05) is 0 Å². The fourth-order valence-electron chi connectivity index (χ4n) is 3.99. The van der Waals surface area contributed by atoms with Gasteiger partial charge >= 0.3 is 23.8 Å². The third-order valence-electron chi connectivity index (χ3n) is 5.06.